The summed E-state index contributed by atoms with van der Waals surface area (Å²) in [6.45, 7) is 7.24. The van der Waals surface area contributed by atoms with Gasteiger partial charge in [-0.05, 0) is 38.5 Å². The zero-order valence-electron chi connectivity index (χ0n) is 10.1. The van der Waals surface area contributed by atoms with Crippen molar-refractivity contribution in [3.63, 3.8) is 0 Å². The highest BCUT2D eigenvalue weighted by molar-refractivity contribution is 6.17. The van der Waals surface area contributed by atoms with E-state index in [2.05, 4.69) is 0 Å². The standard InChI is InChI=1S/C13H19ClO2/c1-13(2,3)16-8-7-15-12-6-4-5-11(9-12)10-14/h4-6,9H,7-8,10H2,1-3H3. The summed E-state index contributed by atoms with van der Waals surface area (Å²) in [5, 5.41) is 0. The highest BCUT2D eigenvalue weighted by Crippen LogP contribution is 2.15. The number of hydrogen-bond donors (Lipinski definition) is 0. The second-order valence-electron chi connectivity index (χ2n) is 4.59. The summed E-state index contributed by atoms with van der Waals surface area (Å²) in [5.74, 6) is 1.35. The molecule has 0 heterocycles. The van der Waals surface area contributed by atoms with E-state index in [1.807, 2.05) is 45.0 Å². The molecule has 1 aromatic carbocycles. The van der Waals surface area contributed by atoms with Crippen LogP contribution >= 0.6 is 11.6 Å². The minimum absolute atomic E-state index is 0.110. The molecule has 0 atom stereocenters. The summed E-state index contributed by atoms with van der Waals surface area (Å²) < 4.78 is 11.1. The van der Waals surface area contributed by atoms with Gasteiger partial charge in [-0.2, -0.15) is 0 Å². The second kappa shape index (κ2) is 6.12. The minimum atomic E-state index is -0.110. The molecular weight excluding hydrogens is 224 g/mol. The molecule has 0 radical (unpaired) electrons. The maximum absolute atomic E-state index is 5.74. The predicted molar refractivity (Wildman–Crippen MR) is 67.2 cm³/mol. The molecule has 0 aliphatic heterocycles. The van der Waals surface area contributed by atoms with Crippen LogP contribution in [-0.2, 0) is 10.6 Å². The van der Waals surface area contributed by atoms with Gasteiger partial charge < -0.3 is 9.47 Å². The summed E-state index contributed by atoms with van der Waals surface area (Å²) in [7, 11) is 0. The molecule has 90 valence electrons. The van der Waals surface area contributed by atoms with Crippen LogP contribution in [0.2, 0.25) is 0 Å². The van der Waals surface area contributed by atoms with Gasteiger partial charge in [-0.1, -0.05) is 12.1 Å². The van der Waals surface area contributed by atoms with Crippen LogP contribution in [0.4, 0.5) is 0 Å². The lowest BCUT2D eigenvalue weighted by atomic mass is 10.2. The molecule has 0 amide bonds. The van der Waals surface area contributed by atoms with Crippen molar-refractivity contribution in [1.29, 1.82) is 0 Å². The first-order chi connectivity index (χ1) is 7.51. The highest BCUT2D eigenvalue weighted by Gasteiger charge is 2.09. The Kier molecular flexibility index (Phi) is 5.10. The van der Waals surface area contributed by atoms with E-state index in [1.165, 1.54) is 0 Å². The maximum atomic E-state index is 5.74. The smallest absolute Gasteiger partial charge is 0.119 e. The van der Waals surface area contributed by atoms with Gasteiger partial charge in [0.05, 0.1) is 12.2 Å². The first-order valence-electron chi connectivity index (χ1n) is 5.43. The molecule has 0 saturated heterocycles. The molecule has 0 spiro atoms. The van der Waals surface area contributed by atoms with Gasteiger partial charge in [0.25, 0.3) is 0 Å². The molecule has 1 rings (SSSR count). The average molecular weight is 243 g/mol. The maximum Gasteiger partial charge on any atom is 0.119 e. The summed E-state index contributed by atoms with van der Waals surface area (Å²) >= 11 is 5.74. The van der Waals surface area contributed by atoms with Crippen molar-refractivity contribution in [3.8, 4) is 5.75 Å². The van der Waals surface area contributed by atoms with Gasteiger partial charge in [0, 0.05) is 5.88 Å². The van der Waals surface area contributed by atoms with Crippen LogP contribution in [0.25, 0.3) is 0 Å². The third-order valence-corrected chi connectivity index (χ3v) is 2.25. The quantitative estimate of drug-likeness (QED) is 0.580. The van der Waals surface area contributed by atoms with E-state index in [-0.39, 0.29) is 5.60 Å². The fourth-order valence-electron chi connectivity index (χ4n) is 1.23. The zero-order valence-corrected chi connectivity index (χ0v) is 10.9. The third-order valence-electron chi connectivity index (χ3n) is 1.94. The summed E-state index contributed by atoms with van der Waals surface area (Å²) in [4.78, 5) is 0. The fourth-order valence-corrected chi connectivity index (χ4v) is 1.39. The Hall–Kier alpha value is -0.730. The second-order valence-corrected chi connectivity index (χ2v) is 4.86. The van der Waals surface area contributed by atoms with Crippen molar-refractivity contribution in [3.05, 3.63) is 29.8 Å². The molecule has 0 unspecified atom stereocenters. The molecule has 0 N–H and O–H groups in total. The Morgan fingerprint density at radius 3 is 2.56 bits per heavy atom. The third kappa shape index (κ3) is 5.38. The Balaban J connectivity index is 2.32. The lowest BCUT2D eigenvalue weighted by Crippen LogP contribution is -2.22. The Bertz CT molecular complexity index is 318. The monoisotopic (exact) mass is 242 g/mol. The molecule has 0 saturated carbocycles. The van der Waals surface area contributed by atoms with E-state index in [1.54, 1.807) is 0 Å². The van der Waals surface area contributed by atoms with Crippen LogP contribution < -0.4 is 4.74 Å². The van der Waals surface area contributed by atoms with E-state index in [9.17, 15) is 0 Å². The molecule has 1 aromatic rings. The number of benzene rings is 1. The van der Waals surface area contributed by atoms with E-state index >= 15 is 0 Å². The van der Waals surface area contributed by atoms with Crippen molar-refractivity contribution in [2.24, 2.45) is 0 Å². The molecule has 0 aromatic heterocycles. The van der Waals surface area contributed by atoms with Crippen molar-refractivity contribution in [2.45, 2.75) is 32.3 Å². The van der Waals surface area contributed by atoms with Crippen LogP contribution in [-0.4, -0.2) is 18.8 Å². The lowest BCUT2D eigenvalue weighted by Gasteiger charge is -2.19. The van der Waals surface area contributed by atoms with Gasteiger partial charge in [-0.15, -0.1) is 11.6 Å². The number of hydrogen-bond acceptors (Lipinski definition) is 2. The number of halogens is 1. The topological polar surface area (TPSA) is 18.5 Å². The molecule has 0 fully saturated rings. The summed E-state index contributed by atoms with van der Waals surface area (Å²) in [6, 6.07) is 7.79. The van der Waals surface area contributed by atoms with Crippen molar-refractivity contribution >= 4 is 11.6 Å². The van der Waals surface area contributed by atoms with Crippen molar-refractivity contribution in [2.75, 3.05) is 13.2 Å². The Labute approximate surface area is 103 Å². The molecule has 0 bridgehead atoms. The highest BCUT2D eigenvalue weighted by atomic mass is 35.5. The van der Waals surface area contributed by atoms with Crippen LogP contribution in [0.15, 0.2) is 24.3 Å². The van der Waals surface area contributed by atoms with E-state index < -0.39 is 0 Å². The number of ether oxygens (including phenoxy) is 2. The van der Waals surface area contributed by atoms with E-state index in [4.69, 9.17) is 21.1 Å². The minimum Gasteiger partial charge on any atom is -0.491 e. The largest absolute Gasteiger partial charge is 0.491 e. The Morgan fingerprint density at radius 1 is 1.19 bits per heavy atom. The molecule has 16 heavy (non-hydrogen) atoms. The molecular formula is C13H19ClO2. The zero-order chi connectivity index (χ0) is 12.0. The number of rotatable bonds is 5. The van der Waals surface area contributed by atoms with Gasteiger partial charge in [-0.3, -0.25) is 0 Å². The van der Waals surface area contributed by atoms with Crippen LogP contribution in [0.5, 0.6) is 5.75 Å². The average Bonchev–Trinajstić information content (AvgIpc) is 2.23. The van der Waals surface area contributed by atoms with Crippen LogP contribution in [0.1, 0.15) is 26.3 Å². The lowest BCUT2D eigenvalue weighted by molar-refractivity contribution is -0.0163. The van der Waals surface area contributed by atoms with Crippen molar-refractivity contribution < 1.29 is 9.47 Å². The van der Waals surface area contributed by atoms with Crippen LogP contribution in [0, 0.1) is 0 Å². The SMILES string of the molecule is CC(C)(C)OCCOc1cccc(CCl)c1. The molecule has 0 aliphatic rings. The normalized spacial score (nSPS) is 11.5. The first kappa shape index (κ1) is 13.3. The van der Waals surface area contributed by atoms with E-state index in [0.717, 1.165) is 11.3 Å². The van der Waals surface area contributed by atoms with Gasteiger partial charge in [0.15, 0.2) is 0 Å². The van der Waals surface area contributed by atoms with Gasteiger partial charge in [-0.25, -0.2) is 0 Å². The molecule has 3 heteroatoms. The molecule has 0 aliphatic carbocycles. The Morgan fingerprint density at radius 2 is 1.94 bits per heavy atom. The number of alkyl halides is 1. The summed E-state index contributed by atoms with van der Waals surface area (Å²) in [6.07, 6.45) is 0. The van der Waals surface area contributed by atoms with E-state index in [0.29, 0.717) is 19.1 Å². The van der Waals surface area contributed by atoms with Crippen molar-refractivity contribution in [1.82, 2.24) is 0 Å². The van der Waals surface area contributed by atoms with Crippen LogP contribution in [0.3, 0.4) is 0 Å². The summed E-state index contributed by atoms with van der Waals surface area (Å²) in [5.41, 5.74) is 0.956. The first-order valence-corrected chi connectivity index (χ1v) is 5.96. The van der Waals surface area contributed by atoms with Gasteiger partial charge in [0.2, 0.25) is 0 Å². The predicted octanol–water partition coefficient (Wildman–Crippen LogP) is 3.62. The fraction of sp³-hybridized carbons (Fsp3) is 0.538. The molecule has 2 nitrogen and oxygen atoms in total. The van der Waals surface area contributed by atoms with Gasteiger partial charge in [0.1, 0.15) is 12.4 Å². The van der Waals surface area contributed by atoms with Gasteiger partial charge >= 0.3 is 0 Å².